The van der Waals surface area contributed by atoms with Gasteiger partial charge in [0.1, 0.15) is 0 Å². The molecule has 1 saturated carbocycles. The number of carbonyl (C=O) groups is 1. The van der Waals surface area contributed by atoms with Crippen LogP contribution in [0.5, 0.6) is 0 Å². The maximum absolute atomic E-state index is 11.6. The van der Waals surface area contributed by atoms with E-state index < -0.39 is 0 Å². The first-order valence-corrected chi connectivity index (χ1v) is 5.69. The van der Waals surface area contributed by atoms with Crippen molar-refractivity contribution in [2.75, 3.05) is 18.9 Å². The molecule has 0 spiro atoms. The van der Waals surface area contributed by atoms with Crippen molar-refractivity contribution in [2.45, 2.75) is 18.4 Å². The topological polar surface area (TPSA) is 87.4 Å². The molecule has 5 heteroatoms. The highest BCUT2D eigenvalue weighted by Crippen LogP contribution is 2.45. The molecule has 17 heavy (non-hydrogen) atoms. The molecule has 0 heterocycles. The van der Waals surface area contributed by atoms with Crippen molar-refractivity contribution >= 4 is 11.7 Å². The van der Waals surface area contributed by atoms with Crippen LogP contribution >= 0.6 is 0 Å². The highest BCUT2D eigenvalue weighted by molar-refractivity contribution is 5.75. The summed E-state index contributed by atoms with van der Waals surface area (Å²) in [6.07, 6.45) is 1.84. The second-order valence-corrected chi connectivity index (χ2v) is 4.31. The van der Waals surface area contributed by atoms with Crippen molar-refractivity contribution in [3.8, 4) is 0 Å². The SMILES string of the molecule is Nc1cccc(C2(NC(=O)NCCO)CC2)c1. The van der Waals surface area contributed by atoms with Crippen LogP contribution in [0.4, 0.5) is 10.5 Å². The molecule has 1 aromatic carbocycles. The summed E-state index contributed by atoms with van der Waals surface area (Å²) in [5.74, 6) is 0. The Balaban J connectivity index is 2.02. The maximum Gasteiger partial charge on any atom is 0.315 e. The van der Waals surface area contributed by atoms with Crippen LogP contribution in [0.25, 0.3) is 0 Å². The molecule has 92 valence electrons. The van der Waals surface area contributed by atoms with Gasteiger partial charge in [-0.2, -0.15) is 0 Å². The van der Waals surface area contributed by atoms with Crippen molar-refractivity contribution in [3.05, 3.63) is 29.8 Å². The highest BCUT2D eigenvalue weighted by atomic mass is 16.3. The van der Waals surface area contributed by atoms with Gasteiger partial charge in [-0.1, -0.05) is 12.1 Å². The fraction of sp³-hybridized carbons (Fsp3) is 0.417. The van der Waals surface area contributed by atoms with Crippen molar-refractivity contribution in [2.24, 2.45) is 0 Å². The van der Waals surface area contributed by atoms with E-state index in [0.717, 1.165) is 18.4 Å². The highest BCUT2D eigenvalue weighted by Gasteiger charge is 2.45. The lowest BCUT2D eigenvalue weighted by atomic mass is 10.0. The number of hydrogen-bond acceptors (Lipinski definition) is 3. The quantitative estimate of drug-likeness (QED) is 0.575. The van der Waals surface area contributed by atoms with Crippen molar-refractivity contribution in [1.29, 1.82) is 0 Å². The molecule has 2 amide bonds. The van der Waals surface area contributed by atoms with Crippen molar-refractivity contribution in [3.63, 3.8) is 0 Å². The number of aliphatic hydroxyl groups is 1. The molecule has 1 aromatic rings. The van der Waals surface area contributed by atoms with E-state index in [1.165, 1.54) is 0 Å². The summed E-state index contributed by atoms with van der Waals surface area (Å²) in [4.78, 5) is 11.6. The van der Waals surface area contributed by atoms with E-state index in [0.29, 0.717) is 5.69 Å². The van der Waals surface area contributed by atoms with Crippen LogP contribution in [0, 0.1) is 0 Å². The van der Waals surface area contributed by atoms with E-state index in [1.54, 1.807) is 0 Å². The summed E-state index contributed by atoms with van der Waals surface area (Å²) in [5, 5.41) is 14.1. The van der Waals surface area contributed by atoms with E-state index in [-0.39, 0.29) is 24.7 Å². The average Bonchev–Trinajstić information content (AvgIpc) is 3.07. The van der Waals surface area contributed by atoms with Crippen LogP contribution in [-0.2, 0) is 5.54 Å². The molecule has 0 saturated heterocycles. The number of urea groups is 1. The third-order valence-corrected chi connectivity index (χ3v) is 2.94. The number of aliphatic hydroxyl groups excluding tert-OH is 1. The summed E-state index contributed by atoms with van der Waals surface area (Å²) in [6, 6.07) is 7.32. The van der Waals surface area contributed by atoms with Crippen molar-refractivity contribution < 1.29 is 9.90 Å². The summed E-state index contributed by atoms with van der Waals surface area (Å²) in [6.45, 7) is 0.206. The lowest BCUT2D eigenvalue weighted by Gasteiger charge is -2.18. The molecule has 0 aromatic heterocycles. The number of nitrogens with one attached hydrogen (secondary N) is 2. The Morgan fingerprint density at radius 1 is 1.47 bits per heavy atom. The third-order valence-electron chi connectivity index (χ3n) is 2.94. The minimum atomic E-state index is -0.269. The van der Waals surface area contributed by atoms with Crippen LogP contribution in [0.2, 0.25) is 0 Å². The molecule has 0 radical (unpaired) electrons. The summed E-state index contributed by atoms with van der Waals surface area (Å²) in [5.41, 5.74) is 7.20. The zero-order valence-corrected chi connectivity index (χ0v) is 9.57. The first-order valence-electron chi connectivity index (χ1n) is 5.69. The molecule has 0 aliphatic heterocycles. The molecule has 0 atom stereocenters. The molecular formula is C12H17N3O2. The normalized spacial score (nSPS) is 16.3. The van der Waals surface area contributed by atoms with Gasteiger partial charge in [-0.05, 0) is 30.5 Å². The van der Waals surface area contributed by atoms with E-state index in [4.69, 9.17) is 10.8 Å². The van der Waals surface area contributed by atoms with E-state index in [9.17, 15) is 4.79 Å². The minimum Gasteiger partial charge on any atom is -0.399 e. The van der Waals surface area contributed by atoms with Crippen LogP contribution < -0.4 is 16.4 Å². The predicted molar refractivity (Wildman–Crippen MR) is 65.4 cm³/mol. The zero-order chi connectivity index (χ0) is 12.3. The number of amides is 2. The lowest BCUT2D eigenvalue weighted by molar-refractivity contribution is 0.229. The van der Waals surface area contributed by atoms with Crippen LogP contribution in [-0.4, -0.2) is 24.3 Å². The number of hydrogen-bond donors (Lipinski definition) is 4. The van der Waals surface area contributed by atoms with Gasteiger partial charge in [0.2, 0.25) is 0 Å². The molecule has 5 nitrogen and oxygen atoms in total. The Morgan fingerprint density at radius 3 is 2.82 bits per heavy atom. The molecule has 0 unspecified atom stereocenters. The molecule has 2 rings (SSSR count). The summed E-state index contributed by atoms with van der Waals surface area (Å²) >= 11 is 0. The van der Waals surface area contributed by atoms with E-state index in [1.807, 2.05) is 24.3 Å². The fourth-order valence-corrected chi connectivity index (χ4v) is 1.88. The third kappa shape index (κ3) is 2.68. The van der Waals surface area contributed by atoms with Gasteiger partial charge in [-0.3, -0.25) is 0 Å². The monoisotopic (exact) mass is 235 g/mol. The fourth-order valence-electron chi connectivity index (χ4n) is 1.88. The Bertz CT molecular complexity index is 416. The van der Waals surface area contributed by atoms with Gasteiger partial charge in [-0.25, -0.2) is 4.79 Å². The molecule has 1 aliphatic rings. The number of carbonyl (C=O) groups excluding carboxylic acids is 1. The number of benzene rings is 1. The number of nitrogens with two attached hydrogens (primary N) is 1. The van der Waals surface area contributed by atoms with Gasteiger partial charge in [0.05, 0.1) is 12.1 Å². The minimum absolute atomic E-state index is 0.0568. The maximum atomic E-state index is 11.6. The number of nitrogen functional groups attached to an aromatic ring is 1. The first kappa shape index (κ1) is 11.7. The standard InChI is InChI=1S/C12H17N3O2/c13-10-3-1-2-9(8-10)12(4-5-12)15-11(17)14-6-7-16/h1-3,8,16H,4-7,13H2,(H2,14,15,17). The van der Waals surface area contributed by atoms with Crippen LogP contribution in [0.3, 0.4) is 0 Å². The molecule has 5 N–H and O–H groups in total. The molecule has 1 fully saturated rings. The largest absolute Gasteiger partial charge is 0.399 e. The van der Waals surface area contributed by atoms with Gasteiger partial charge in [-0.15, -0.1) is 0 Å². The number of anilines is 1. The van der Waals surface area contributed by atoms with Gasteiger partial charge in [0, 0.05) is 12.2 Å². The van der Waals surface area contributed by atoms with Crippen molar-refractivity contribution in [1.82, 2.24) is 10.6 Å². The van der Waals surface area contributed by atoms with Gasteiger partial charge >= 0.3 is 6.03 Å². The second-order valence-electron chi connectivity index (χ2n) is 4.31. The second kappa shape index (κ2) is 4.63. The Labute approximate surface area is 100 Å². The molecule has 0 bridgehead atoms. The van der Waals surface area contributed by atoms with Gasteiger partial charge < -0.3 is 21.5 Å². The Hall–Kier alpha value is -1.75. The predicted octanol–water partition coefficient (Wildman–Crippen LogP) is 0.549. The zero-order valence-electron chi connectivity index (χ0n) is 9.57. The number of rotatable bonds is 4. The molecular weight excluding hydrogens is 218 g/mol. The average molecular weight is 235 g/mol. The smallest absolute Gasteiger partial charge is 0.315 e. The van der Waals surface area contributed by atoms with Gasteiger partial charge in [0.25, 0.3) is 0 Å². The van der Waals surface area contributed by atoms with Gasteiger partial charge in [0.15, 0.2) is 0 Å². The summed E-state index contributed by atoms with van der Waals surface area (Å²) < 4.78 is 0. The van der Waals surface area contributed by atoms with Crippen LogP contribution in [0.15, 0.2) is 24.3 Å². The van der Waals surface area contributed by atoms with E-state index >= 15 is 0 Å². The first-order chi connectivity index (χ1) is 8.16. The molecule has 1 aliphatic carbocycles. The Morgan fingerprint density at radius 2 is 2.24 bits per heavy atom. The van der Waals surface area contributed by atoms with Crippen LogP contribution in [0.1, 0.15) is 18.4 Å². The lowest BCUT2D eigenvalue weighted by Crippen LogP contribution is -2.43. The summed E-state index contributed by atoms with van der Waals surface area (Å²) in [7, 11) is 0. The Kier molecular flexibility index (Phi) is 3.19. The van der Waals surface area contributed by atoms with E-state index in [2.05, 4.69) is 10.6 Å².